The quantitative estimate of drug-likeness (QED) is 0.794. The summed E-state index contributed by atoms with van der Waals surface area (Å²) in [4.78, 5) is 2.29. The van der Waals surface area contributed by atoms with Gasteiger partial charge in [0.1, 0.15) is 0 Å². The molecular formula is C13H18BrN. The fourth-order valence-electron chi connectivity index (χ4n) is 2.56. The van der Waals surface area contributed by atoms with Gasteiger partial charge in [0, 0.05) is 11.0 Å². The predicted octanol–water partition coefficient (Wildman–Crippen LogP) is 3.43. The molecule has 1 aliphatic carbocycles. The van der Waals surface area contributed by atoms with Crippen LogP contribution in [0.2, 0.25) is 0 Å². The van der Waals surface area contributed by atoms with Crippen molar-refractivity contribution in [3.63, 3.8) is 0 Å². The van der Waals surface area contributed by atoms with E-state index in [2.05, 4.69) is 53.1 Å². The molecule has 1 aromatic carbocycles. The van der Waals surface area contributed by atoms with Gasteiger partial charge >= 0.3 is 0 Å². The van der Waals surface area contributed by atoms with Gasteiger partial charge < -0.3 is 4.90 Å². The van der Waals surface area contributed by atoms with Crippen LogP contribution in [0.25, 0.3) is 0 Å². The highest BCUT2D eigenvalue weighted by molar-refractivity contribution is 9.10. The van der Waals surface area contributed by atoms with E-state index in [1.807, 2.05) is 0 Å². The molecule has 0 amide bonds. The zero-order valence-corrected chi connectivity index (χ0v) is 11.0. The molecule has 0 bridgehead atoms. The smallest absolute Gasteiger partial charge is 0.0213 e. The van der Waals surface area contributed by atoms with Crippen molar-refractivity contribution in [1.29, 1.82) is 0 Å². The molecule has 0 spiro atoms. The maximum atomic E-state index is 3.69. The van der Waals surface area contributed by atoms with Crippen LogP contribution in [0.15, 0.2) is 22.7 Å². The Morgan fingerprint density at radius 2 is 2.20 bits per heavy atom. The molecule has 0 saturated heterocycles. The predicted molar refractivity (Wildman–Crippen MR) is 68.4 cm³/mol. The summed E-state index contributed by atoms with van der Waals surface area (Å²) in [5.41, 5.74) is 3.10. The van der Waals surface area contributed by atoms with Gasteiger partial charge in [-0.15, -0.1) is 0 Å². The van der Waals surface area contributed by atoms with E-state index in [0.717, 1.165) is 6.54 Å². The summed E-state index contributed by atoms with van der Waals surface area (Å²) >= 11 is 3.69. The monoisotopic (exact) mass is 267 g/mol. The number of hydrogen-bond acceptors (Lipinski definition) is 1. The van der Waals surface area contributed by atoms with Crippen molar-refractivity contribution in [2.24, 2.45) is 0 Å². The topological polar surface area (TPSA) is 3.24 Å². The first kappa shape index (κ1) is 11.2. The summed E-state index contributed by atoms with van der Waals surface area (Å²) in [6.07, 6.45) is 3.91. The van der Waals surface area contributed by atoms with Crippen LogP contribution in [0.4, 0.5) is 0 Å². The SMILES string of the molecule is CN(C)CC1CCCc2cccc(Br)c21. The molecule has 1 aliphatic rings. The van der Waals surface area contributed by atoms with Crippen molar-refractivity contribution in [2.75, 3.05) is 20.6 Å². The Kier molecular flexibility index (Phi) is 3.47. The molecule has 0 heterocycles. The zero-order valence-electron chi connectivity index (χ0n) is 9.46. The number of benzene rings is 1. The third kappa shape index (κ3) is 2.43. The van der Waals surface area contributed by atoms with Gasteiger partial charge in [-0.05, 0) is 56.5 Å². The largest absolute Gasteiger partial charge is 0.309 e. The highest BCUT2D eigenvalue weighted by Crippen LogP contribution is 2.36. The molecule has 1 aromatic rings. The molecule has 0 aliphatic heterocycles. The van der Waals surface area contributed by atoms with Crippen molar-refractivity contribution in [1.82, 2.24) is 4.90 Å². The van der Waals surface area contributed by atoms with E-state index in [4.69, 9.17) is 0 Å². The van der Waals surface area contributed by atoms with Crippen LogP contribution < -0.4 is 0 Å². The van der Waals surface area contributed by atoms with Crippen LogP contribution in [-0.4, -0.2) is 25.5 Å². The molecular weight excluding hydrogens is 250 g/mol. The molecule has 0 radical (unpaired) electrons. The number of hydrogen-bond donors (Lipinski definition) is 0. The van der Waals surface area contributed by atoms with Crippen molar-refractivity contribution >= 4 is 15.9 Å². The molecule has 0 fully saturated rings. The van der Waals surface area contributed by atoms with Gasteiger partial charge in [-0.2, -0.15) is 0 Å². The average molecular weight is 268 g/mol. The Hall–Kier alpha value is -0.340. The van der Waals surface area contributed by atoms with Gasteiger partial charge in [-0.3, -0.25) is 0 Å². The number of halogens is 1. The van der Waals surface area contributed by atoms with Crippen molar-refractivity contribution in [3.8, 4) is 0 Å². The first-order chi connectivity index (χ1) is 7.18. The van der Waals surface area contributed by atoms with Gasteiger partial charge in [0.2, 0.25) is 0 Å². The molecule has 15 heavy (non-hydrogen) atoms. The zero-order chi connectivity index (χ0) is 10.8. The lowest BCUT2D eigenvalue weighted by atomic mass is 9.82. The standard InChI is InChI=1S/C13H18BrN/c1-15(2)9-11-7-3-5-10-6-4-8-12(14)13(10)11/h4,6,8,11H,3,5,7,9H2,1-2H3. The molecule has 2 rings (SSSR count). The number of rotatable bonds is 2. The van der Waals surface area contributed by atoms with E-state index in [9.17, 15) is 0 Å². The maximum Gasteiger partial charge on any atom is 0.0213 e. The summed E-state index contributed by atoms with van der Waals surface area (Å²) in [5, 5.41) is 0. The van der Waals surface area contributed by atoms with Gasteiger partial charge in [0.15, 0.2) is 0 Å². The molecule has 1 unspecified atom stereocenters. The Bertz CT molecular complexity index is 346. The fraction of sp³-hybridized carbons (Fsp3) is 0.538. The number of nitrogens with zero attached hydrogens (tertiary/aromatic N) is 1. The van der Waals surface area contributed by atoms with E-state index in [0.29, 0.717) is 5.92 Å². The minimum Gasteiger partial charge on any atom is -0.309 e. The summed E-state index contributed by atoms with van der Waals surface area (Å²) in [7, 11) is 4.32. The highest BCUT2D eigenvalue weighted by Gasteiger charge is 2.22. The normalized spacial score (nSPS) is 20.4. The van der Waals surface area contributed by atoms with E-state index in [-0.39, 0.29) is 0 Å². The van der Waals surface area contributed by atoms with E-state index < -0.39 is 0 Å². The third-order valence-electron chi connectivity index (χ3n) is 3.14. The van der Waals surface area contributed by atoms with Crippen LogP contribution in [0.3, 0.4) is 0 Å². The van der Waals surface area contributed by atoms with Crippen molar-refractivity contribution in [2.45, 2.75) is 25.2 Å². The van der Waals surface area contributed by atoms with Crippen LogP contribution >= 0.6 is 15.9 Å². The van der Waals surface area contributed by atoms with E-state index in [1.165, 1.54) is 23.7 Å². The molecule has 0 aromatic heterocycles. The summed E-state index contributed by atoms with van der Waals surface area (Å²) in [6.45, 7) is 1.16. The summed E-state index contributed by atoms with van der Waals surface area (Å²) in [6, 6.07) is 6.61. The second-order valence-corrected chi connectivity index (χ2v) is 5.52. The fourth-order valence-corrected chi connectivity index (χ4v) is 3.29. The second-order valence-electron chi connectivity index (χ2n) is 4.66. The maximum absolute atomic E-state index is 3.69. The molecule has 0 N–H and O–H groups in total. The first-order valence-electron chi connectivity index (χ1n) is 5.60. The van der Waals surface area contributed by atoms with E-state index in [1.54, 1.807) is 11.1 Å². The van der Waals surface area contributed by atoms with Crippen molar-refractivity contribution < 1.29 is 0 Å². The van der Waals surface area contributed by atoms with Gasteiger partial charge in [0.05, 0.1) is 0 Å². The lowest BCUT2D eigenvalue weighted by Gasteiger charge is -2.28. The molecule has 0 saturated carbocycles. The van der Waals surface area contributed by atoms with Gasteiger partial charge in [-0.1, -0.05) is 28.1 Å². The van der Waals surface area contributed by atoms with Crippen molar-refractivity contribution in [3.05, 3.63) is 33.8 Å². The second kappa shape index (κ2) is 4.67. The lowest BCUT2D eigenvalue weighted by Crippen LogP contribution is -2.23. The Balaban J connectivity index is 2.32. The Morgan fingerprint density at radius 1 is 1.40 bits per heavy atom. The average Bonchev–Trinajstić information content (AvgIpc) is 2.17. The van der Waals surface area contributed by atoms with Gasteiger partial charge in [0.25, 0.3) is 0 Å². The number of fused-ring (bicyclic) bond motifs is 1. The van der Waals surface area contributed by atoms with Crippen LogP contribution in [-0.2, 0) is 6.42 Å². The minimum atomic E-state index is 0.708. The first-order valence-corrected chi connectivity index (χ1v) is 6.40. The number of aryl methyl sites for hydroxylation is 1. The summed E-state index contributed by atoms with van der Waals surface area (Å²) in [5.74, 6) is 0.708. The summed E-state index contributed by atoms with van der Waals surface area (Å²) < 4.78 is 1.30. The van der Waals surface area contributed by atoms with Crippen LogP contribution in [0.1, 0.15) is 29.9 Å². The third-order valence-corrected chi connectivity index (χ3v) is 3.83. The molecule has 1 nitrogen and oxygen atoms in total. The molecule has 1 atom stereocenters. The molecule has 82 valence electrons. The number of likely N-dealkylation sites (N-methyl/N-ethyl adjacent to an activating group) is 1. The van der Waals surface area contributed by atoms with Crippen LogP contribution in [0.5, 0.6) is 0 Å². The minimum absolute atomic E-state index is 0.708. The molecule has 2 heteroatoms. The highest BCUT2D eigenvalue weighted by atomic mass is 79.9. The lowest BCUT2D eigenvalue weighted by molar-refractivity contribution is 0.352. The Morgan fingerprint density at radius 3 is 2.93 bits per heavy atom. The van der Waals surface area contributed by atoms with Crippen LogP contribution in [0, 0.1) is 0 Å². The Labute approximate surface area is 101 Å². The van der Waals surface area contributed by atoms with Gasteiger partial charge in [-0.25, -0.2) is 0 Å². The van der Waals surface area contributed by atoms with E-state index >= 15 is 0 Å².